The minimum Gasteiger partial charge on any atom is -0.439 e. The molecule has 4 nitrogen and oxygen atoms in total. The fourth-order valence-corrected chi connectivity index (χ4v) is 1.51. The number of nitrogens with zero attached hydrogens (tertiary/aromatic N) is 2. The molecule has 21 heavy (non-hydrogen) atoms. The molecule has 0 fully saturated rings. The number of halogens is 5. The van der Waals surface area contributed by atoms with E-state index in [2.05, 4.69) is 15.3 Å². The molecule has 0 radical (unpaired) electrons. The van der Waals surface area contributed by atoms with Gasteiger partial charge < -0.3 is 10.1 Å². The second kappa shape index (κ2) is 5.72. The van der Waals surface area contributed by atoms with Crippen LogP contribution < -0.4 is 10.1 Å². The van der Waals surface area contributed by atoms with Crippen LogP contribution in [0.3, 0.4) is 0 Å². The molecule has 0 saturated carbocycles. The summed E-state index contributed by atoms with van der Waals surface area (Å²) in [5.74, 6) is -2.61. The molecule has 2 aromatic rings. The van der Waals surface area contributed by atoms with Gasteiger partial charge in [-0.05, 0) is 12.1 Å². The third kappa shape index (κ3) is 3.72. The Morgan fingerprint density at radius 3 is 2.48 bits per heavy atom. The minimum atomic E-state index is -4.73. The van der Waals surface area contributed by atoms with Gasteiger partial charge in [-0.2, -0.15) is 18.2 Å². The highest BCUT2D eigenvalue weighted by Crippen LogP contribution is 2.31. The first-order valence-electron chi connectivity index (χ1n) is 5.56. The third-order valence-corrected chi connectivity index (χ3v) is 2.63. The minimum absolute atomic E-state index is 0.0363. The molecule has 1 N–H and O–H groups in total. The Bertz CT molecular complexity index is 663. The third-order valence-electron chi connectivity index (χ3n) is 2.33. The standard InChI is InChI=1S/C12H8ClF4N3O/c1-18-9-5-10(20-11(19-9)12(15,16)17)21-6-2-3-7(13)8(14)4-6/h2-5H,1H3,(H,18,19,20). The number of benzene rings is 1. The van der Waals surface area contributed by atoms with Gasteiger partial charge in [0, 0.05) is 19.2 Å². The van der Waals surface area contributed by atoms with Gasteiger partial charge in [0.1, 0.15) is 17.4 Å². The van der Waals surface area contributed by atoms with E-state index in [9.17, 15) is 17.6 Å². The van der Waals surface area contributed by atoms with E-state index in [1.807, 2.05) is 0 Å². The lowest BCUT2D eigenvalue weighted by Gasteiger charge is -2.11. The first-order valence-corrected chi connectivity index (χ1v) is 5.94. The SMILES string of the molecule is CNc1cc(Oc2ccc(Cl)c(F)c2)nc(C(F)(F)F)n1. The van der Waals surface area contributed by atoms with E-state index in [0.717, 1.165) is 12.1 Å². The maximum absolute atomic E-state index is 13.3. The van der Waals surface area contributed by atoms with Gasteiger partial charge in [-0.1, -0.05) is 11.6 Å². The molecular weight excluding hydrogens is 314 g/mol. The van der Waals surface area contributed by atoms with Crippen molar-refractivity contribution in [2.45, 2.75) is 6.18 Å². The van der Waals surface area contributed by atoms with Crippen molar-refractivity contribution >= 4 is 17.4 Å². The number of ether oxygens (including phenoxy) is 1. The molecule has 0 aliphatic rings. The molecule has 112 valence electrons. The monoisotopic (exact) mass is 321 g/mol. The van der Waals surface area contributed by atoms with Crippen LogP contribution in [-0.4, -0.2) is 17.0 Å². The number of alkyl halides is 3. The van der Waals surface area contributed by atoms with Crippen molar-refractivity contribution in [1.29, 1.82) is 0 Å². The van der Waals surface area contributed by atoms with Gasteiger partial charge in [0.2, 0.25) is 11.7 Å². The summed E-state index contributed by atoms with van der Waals surface area (Å²) in [5.41, 5.74) is 0. The zero-order valence-corrected chi connectivity index (χ0v) is 11.3. The fourth-order valence-electron chi connectivity index (χ4n) is 1.39. The number of rotatable bonds is 3. The molecule has 1 heterocycles. The van der Waals surface area contributed by atoms with Crippen molar-refractivity contribution < 1.29 is 22.3 Å². The first kappa shape index (κ1) is 15.3. The lowest BCUT2D eigenvalue weighted by Crippen LogP contribution is -2.12. The normalized spacial score (nSPS) is 11.3. The summed E-state index contributed by atoms with van der Waals surface area (Å²) in [6, 6.07) is 4.62. The van der Waals surface area contributed by atoms with Gasteiger partial charge in [-0.15, -0.1) is 0 Å². The molecule has 0 bridgehead atoms. The van der Waals surface area contributed by atoms with Crippen molar-refractivity contribution in [2.24, 2.45) is 0 Å². The number of hydrogen-bond donors (Lipinski definition) is 1. The Hall–Kier alpha value is -2.09. The van der Waals surface area contributed by atoms with E-state index in [1.54, 1.807) is 0 Å². The zero-order chi connectivity index (χ0) is 15.6. The summed E-state index contributed by atoms with van der Waals surface area (Å²) >= 11 is 5.50. The maximum atomic E-state index is 13.3. The lowest BCUT2D eigenvalue weighted by molar-refractivity contribution is -0.145. The van der Waals surface area contributed by atoms with Crippen molar-refractivity contribution in [3.05, 3.63) is 40.9 Å². The summed E-state index contributed by atoms with van der Waals surface area (Å²) in [5, 5.41) is 2.33. The molecule has 0 aliphatic heterocycles. The van der Waals surface area contributed by atoms with Crippen LogP contribution in [0.15, 0.2) is 24.3 Å². The van der Waals surface area contributed by atoms with Crippen molar-refractivity contribution in [1.82, 2.24) is 9.97 Å². The molecule has 0 spiro atoms. The molecule has 0 atom stereocenters. The fraction of sp³-hybridized carbons (Fsp3) is 0.167. The topological polar surface area (TPSA) is 47.0 Å². The highest BCUT2D eigenvalue weighted by Gasteiger charge is 2.35. The molecule has 0 saturated heterocycles. The largest absolute Gasteiger partial charge is 0.451 e. The van der Waals surface area contributed by atoms with E-state index >= 15 is 0 Å². The maximum Gasteiger partial charge on any atom is 0.451 e. The number of aromatic nitrogens is 2. The van der Waals surface area contributed by atoms with E-state index in [-0.39, 0.29) is 22.5 Å². The van der Waals surface area contributed by atoms with Gasteiger partial charge in [0.15, 0.2) is 0 Å². The van der Waals surface area contributed by atoms with Crippen LogP contribution in [0.1, 0.15) is 5.82 Å². The summed E-state index contributed by atoms with van der Waals surface area (Å²) in [4.78, 5) is 6.52. The molecule has 0 aliphatic carbocycles. The van der Waals surface area contributed by atoms with Crippen LogP contribution in [0.25, 0.3) is 0 Å². The van der Waals surface area contributed by atoms with E-state index in [4.69, 9.17) is 16.3 Å². The van der Waals surface area contributed by atoms with Crippen molar-refractivity contribution in [3.8, 4) is 11.6 Å². The van der Waals surface area contributed by atoms with Gasteiger partial charge in [-0.25, -0.2) is 9.37 Å². The summed E-state index contributed by atoms with van der Waals surface area (Å²) in [7, 11) is 1.40. The number of anilines is 1. The molecule has 1 aromatic carbocycles. The van der Waals surface area contributed by atoms with Gasteiger partial charge in [0.25, 0.3) is 0 Å². The smallest absolute Gasteiger partial charge is 0.439 e. The molecular formula is C12H8ClF4N3O. The first-order chi connectivity index (χ1) is 9.79. The summed E-state index contributed by atoms with van der Waals surface area (Å²) in [6.07, 6.45) is -4.73. The second-order valence-corrected chi connectivity index (χ2v) is 4.25. The molecule has 0 amide bonds. The van der Waals surface area contributed by atoms with Crippen LogP contribution in [-0.2, 0) is 6.18 Å². The van der Waals surface area contributed by atoms with Crippen LogP contribution in [0, 0.1) is 5.82 Å². The van der Waals surface area contributed by atoms with Gasteiger partial charge in [-0.3, -0.25) is 0 Å². The van der Waals surface area contributed by atoms with Gasteiger partial charge in [0.05, 0.1) is 5.02 Å². The molecule has 9 heteroatoms. The van der Waals surface area contributed by atoms with Crippen molar-refractivity contribution in [3.63, 3.8) is 0 Å². The van der Waals surface area contributed by atoms with Gasteiger partial charge >= 0.3 is 6.18 Å². The molecule has 0 unspecified atom stereocenters. The van der Waals surface area contributed by atoms with E-state index in [0.29, 0.717) is 0 Å². The highest BCUT2D eigenvalue weighted by atomic mass is 35.5. The summed E-state index contributed by atoms with van der Waals surface area (Å²) in [6.45, 7) is 0. The Kier molecular flexibility index (Phi) is 4.17. The highest BCUT2D eigenvalue weighted by molar-refractivity contribution is 6.30. The average Bonchev–Trinajstić information content (AvgIpc) is 2.41. The predicted molar refractivity (Wildman–Crippen MR) is 68.1 cm³/mol. The second-order valence-electron chi connectivity index (χ2n) is 3.84. The Morgan fingerprint density at radius 1 is 1.19 bits per heavy atom. The average molecular weight is 322 g/mol. The van der Waals surface area contributed by atoms with E-state index < -0.39 is 17.8 Å². The van der Waals surface area contributed by atoms with Crippen LogP contribution >= 0.6 is 11.6 Å². The zero-order valence-electron chi connectivity index (χ0n) is 10.5. The van der Waals surface area contributed by atoms with E-state index in [1.165, 1.54) is 19.2 Å². The molecule has 1 aromatic heterocycles. The summed E-state index contributed by atoms with van der Waals surface area (Å²) < 4.78 is 56.3. The van der Waals surface area contributed by atoms with Crippen LogP contribution in [0.5, 0.6) is 11.6 Å². The molecule has 2 rings (SSSR count). The number of nitrogens with one attached hydrogen (secondary N) is 1. The number of hydrogen-bond acceptors (Lipinski definition) is 4. The van der Waals surface area contributed by atoms with Crippen LogP contribution in [0.4, 0.5) is 23.4 Å². The van der Waals surface area contributed by atoms with Crippen molar-refractivity contribution in [2.75, 3.05) is 12.4 Å². The quantitative estimate of drug-likeness (QED) is 0.864. The lowest BCUT2D eigenvalue weighted by atomic mass is 10.3. The van der Waals surface area contributed by atoms with Crippen LogP contribution in [0.2, 0.25) is 5.02 Å². The Labute approximate surface area is 121 Å². The Balaban J connectivity index is 2.36. The predicted octanol–water partition coefficient (Wildman–Crippen LogP) is 4.12. The Morgan fingerprint density at radius 2 is 1.90 bits per heavy atom.